The molecule has 0 saturated carbocycles. The Hall–Kier alpha value is -4.18. The maximum Gasteiger partial charge on any atom is 0.261 e. The Kier molecular flexibility index (Phi) is 8.14. The van der Waals surface area contributed by atoms with Crippen molar-refractivity contribution in [1.82, 2.24) is 10.6 Å². The van der Waals surface area contributed by atoms with Crippen LogP contribution in [0.5, 0.6) is 5.75 Å². The van der Waals surface area contributed by atoms with Gasteiger partial charge < -0.3 is 26.0 Å². The molecule has 170 valence electrons. The average Bonchev–Trinajstić information content (AvgIpc) is 3.37. The Morgan fingerprint density at radius 2 is 1.39 bits per heavy atom. The molecule has 3 rings (SSSR count). The van der Waals surface area contributed by atoms with Crippen molar-refractivity contribution >= 4 is 46.3 Å². The van der Waals surface area contributed by atoms with Crippen LogP contribution in [0.3, 0.4) is 0 Å². The fraction of sp³-hybridized carbons (Fsp3) is 0.130. The molecule has 0 fully saturated rings. The lowest BCUT2D eigenvalue weighted by molar-refractivity contribution is -0.123. The molecule has 0 aliphatic heterocycles. The summed E-state index contributed by atoms with van der Waals surface area (Å²) in [6.07, 6.45) is 0. The van der Waals surface area contributed by atoms with Gasteiger partial charge in [-0.25, -0.2) is 0 Å². The van der Waals surface area contributed by atoms with Crippen LogP contribution in [0.1, 0.15) is 20.0 Å². The maximum atomic E-state index is 12.4. The molecule has 3 aromatic rings. The first-order chi connectivity index (χ1) is 15.9. The molecule has 0 aliphatic carbocycles. The quantitative estimate of drug-likeness (QED) is 0.386. The van der Waals surface area contributed by atoms with Gasteiger partial charge in [-0.05, 0) is 60.0 Å². The Morgan fingerprint density at radius 1 is 0.758 bits per heavy atom. The minimum atomic E-state index is -0.486. The average molecular weight is 467 g/mol. The molecule has 0 bridgehead atoms. The number of carbonyl (C=O) groups is 4. The van der Waals surface area contributed by atoms with Crippen LogP contribution in [0.4, 0.5) is 11.4 Å². The van der Waals surface area contributed by atoms with Crippen molar-refractivity contribution in [3.63, 3.8) is 0 Å². The molecular formula is C23H22N4O5S. The summed E-state index contributed by atoms with van der Waals surface area (Å²) in [5.41, 5.74) is 1.51. The zero-order valence-corrected chi connectivity index (χ0v) is 18.5. The standard InChI is InChI=1S/C23H22N4O5S/c1-32-18-10-8-17(9-11-18)27-22(30)15-4-6-16(7-5-15)26-21(29)14-24-20(28)13-25-23(31)19-3-2-12-33-19/h2-12H,13-14H2,1H3,(H,24,28)(H,25,31)(H,26,29)(H,27,30). The van der Waals surface area contributed by atoms with Crippen molar-refractivity contribution in [1.29, 1.82) is 0 Å². The highest BCUT2D eigenvalue weighted by molar-refractivity contribution is 7.12. The van der Waals surface area contributed by atoms with Gasteiger partial charge in [-0.15, -0.1) is 11.3 Å². The lowest BCUT2D eigenvalue weighted by Gasteiger charge is -2.09. The second-order valence-corrected chi connectivity index (χ2v) is 7.69. The van der Waals surface area contributed by atoms with E-state index >= 15 is 0 Å². The van der Waals surface area contributed by atoms with Gasteiger partial charge in [0.1, 0.15) is 5.75 Å². The molecular weight excluding hydrogens is 444 g/mol. The lowest BCUT2D eigenvalue weighted by Crippen LogP contribution is -2.40. The molecule has 2 aromatic carbocycles. The van der Waals surface area contributed by atoms with Gasteiger partial charge in [0.25, 0.3) is 11.8 Å². The summed E-state index contributed by atoms with van der Waals surface area (Å²) in [4.78, 5) is 48.5. The summed E-state index contributed by atoms with van der Waals surface area (Å²) in [6, 6.07) is 16.7. The highest BCUT2D eigenvalue weighted by Gasteiger charge is 2.11. The first kappa shape index (κ1) is 23.5. The predicted molar refractivity (Wildman–Crippen MR) is 126 cm³/mol. The minimum absolute atomic E-state index is 0.234. The molecule has 0 spiro atoms. The molecule has 4 N–H and O–H groups in total. The van der Waals surface area contributed by atoms with Gasteiger partial charge in [0.2, 0.25) is 11.8 Å². The van der Waals surface area contributed by atoms with E-state index < -0.39 is 11.8 Å². The van der Waals surface area contributed by atoms with Crippen LogP contribution in [-0.4, -0.2) is 43.8 Å². The molecule has 1 aromatic heterocycles. The molecule has 0 aliphatic rings. The molecule has 10 heteroatoms. The number of rotatable bonds is 9. The van der Waals surface area contributed by atoms with Crippen molar-refractivity contribution < 1.29 is 23.9 Å². The van der Waals surface area contributed by atoms with E-state index in [1.807, 2.05) is 0 Å². The number of anilines is 2. The van der Waals surface area contributed by atoms with E-state index in [-0.39, 0.29) is 24.9 Å². The number of hydrogen-bond acceptors (Lipinski definition) is 6. The third kappa shape index (κ3) is 7.18. The minimum Gasteiger partial charge on any atom is -0.497 e. The topological polar surface area (TPSA) is 126 Å². The highest BCUT2D eigenvalue weighted by atomic mass is 32.1. The lowest BCUT2D eigenvalue weighted by atomic mass is 10.2. The van der Waals surface area contributed by atoms with E-state index in [1.54, 1.807) is 73.2 Å². The van der Waals surface area contributed by atoms with Crippen LogP contribution >= 0.6 is 11.3 Å². The SMILES string of the molecule is COc1ccc(NC(=O)c2ccc(NC(=O)CNC(=O)CNC(=O)c3cccs3)cc2)cc1. The molecule has 0 saturated heterocycles. The van der Waals surface area contributed by atoms with E-state index in [0.717, 1.165) is 0 Å². The number of methoxy groups -OCH3 is 1. The van der Waals surface area contributed by atoms with E-state index in [0.29, 0.717) is 27.6 Å². The van der Waals surface area contributed by atoms with Crippen LogP contribution in [-0.2, 0) is 9.59 Å². The van der Waals surface area contributed by atoms with Crippen LogP contribution in [0.15, 0.2) is 66.0 Å². The van der Waals surface area contributed by atoms with Crippen LogP contribution in [0.2, 0.25) is 0 Å². The maximum absolute atomic E-state index is 12.4. The van der Waals surface area contributed by atoms with Crippen molar-refractivity contribution in [2.24, 2.45) is 0 Å². The molecule has 4 amide bonds. The van der Waals surface area contributed by atoms with Gasteiger partial charge in [-0.1, -0.05) is 6.07 Å². The Bertz CT molecular complexity index is 1110. The first-order valence-corrected chi connectivity index (χ1v) is 10.8. The second kappa shape index (κ2) is 11.4. The third-order valence-corrected chi connectivity index (χ3v) is 5.25. The number of nitrogens with one attached hydrogen (secondary N) is 4. The van der Waals surface area contributed by atoms with E-state index in [9.17, 15) is 19.2 Å². The molecule has 9 nitrogen and oxygen atoms in total. The van der Waals surface area contributed by atoms with Gasteiger partial charge in [-0.2, -0.15) is 0 Å². The Morgan fingerprint density at radius 3 is 2.03 bits per heavy atom. The zero-order valence-electron chi connectivity index (χ0n) is 17.7. The van der Waals surface area contributed by atoms with E-state index in [1.165, 1.54) is 11.3 Å². The van der Waals surface area contributed by atoms with Gasteiger partial charge in [0, 0.05) is 16.9 Å². The summed E-state index contributed by atoms with van der Waals surface area (Å²) in [5.74, 6) is -0.882. The molecule has 0 atom stereocenters. The normalized spacial score (nSPS) is 10.1. The van der Waals surface area contributed by atoms with Crippen LogP contribution in [0.25, 0.3) is 0 Å². The first-order valence-electron chi connectivity index (χ1n) is 9.88. The summed E-state index contributed by atoms with van der Waals surface area (Å²) < 4.78 is 5.08. The third-order valence-electron chi connectivity index (χ3n) is 4.38. The number of ether oxygens (including phenoxy) is 1. The summed E-state index contributed by atoms with van der Waals surface area (Å²) in [5, 5.41) is 12.1. The number of amides is 4. The van der Waals surface area contributed by atoms with Crippen molar-refractivity contribution in [2.75, 3.05) is 30.8 Å². The summed E-state index contributed by atoms with van der Waals surface area (Å²) in [7, 11) is 1.56. The molecule has 1 heterocycles. The molecule has 0 unspecified atom stereocenters. The Balaban J connectivity index is 1.41. The van der Waals surface area contributed by atoms with Crippen LogP contribution in [0, 0.1) is 0 Å². The zero-order chi connectivity index (χ0) is 23.6. The fourth-order valence-electron chi connectivity index (χ4n) is 2.68. The van der Waals surface area contributed by atoms with E-state index in [2.05, 4.69) is 21.3 Å². The van der Waals surface area contributed by atoms with Crippen molar-refractivity contribution in [3.05, 3.63) is 76.5 Å². The van der Waals surface area contributed by atoms with Crippen LogP contribution < -0.4 is 26.0 Å². The number of thiophene rings is 1. The van der Waals surface area contributed by atoms with Gasteiger partial charge >= 0.3 is 0 Å². The fourth-order valence-corrected chi connectivity index (χ4v) is 3.32. The highest BCUT2D eigenvalue weighted by Crippen LogP contribution is 2.17. The van der Waals surface area contributed by atoms with Gasteiger partial charge in [-0.3, -0.25) is 19.2 Å². The number of carbonyl (C=O) groups excluding carboxylic acids is 4. The monoisotopic (exact) mass is 466 g/mol. The molecule has 0 radical (unpaired) electrons. The summed E-state index contributed by atoms with van der Waals surface area (Å²) >= 11 is 1.27. The molecule has 33 heavy (non-hydrogen) atoms. The number of hydrogen-bond donors (Lipinski definition) is 4. The largest absolute Gasteiger partial charge is 0.497 e. The van der Waals surface area contributed by atoms with E-state index in [4.69, 9.17) is 4.74 Å². The van der Waals surface area contributed by atoms with Gasteiger partial charge in [0.15, 0.2) is 0 Å². The van der Waals surface area contributed by atoms with Crippen molar-refractivity contribution in [3.8, 4) is 5.75 Å². The predicted octanol–water partition coefficient (Wildman–Crippen LogP) is 2.49. The van der Waals surface area contributed by atoms with Gasteiger partial charge in [0.05, 0.1) is 25.1 Å². The smallest absolute Gasteiger partial charge is 0.261 e. The Labute approximate surface area is 194 Å². The van der Waals surface area contributed by atoms with Crippen molar-refractivity contribution in [2.45, 2.75) is 0 Å². The second-order valence-electron chi connectivity index (χ2n) is 6.74. The summed E-state index contributed by atoms with van der Waals surface area (Å²) in [6.45, 7) is -0.491. The number of benzene rings is 2.